The van der Waals surface area contributed by atoms with Crippen molar-refractivity contribution in [2.45, 2.75) is 0 Å². The number of ether oxygens (including phenoxy) is 2. The Bertz CT molecular complexity index is 751. The summed E-state index contributed by atoms with van der Waals surface area (Å²) in [6.45, 7) is 1.67. The smallest absolute Gasteiger partial charge is 0.316 e. The van der Waals surface area contributed by atoms with E-state index >= 15 is 0 Å². The lowest BCUT2D eigenvalue weighted by Gasteiger charge is -2.23. The van der Waals surface area contributed by atoms with Crippen LogP contribution >= 0.6 is 0 Å². The zero-order valence-electron chi connectivity index (χ0n) is 12.9. The number of methoxy groups -OCH3 is 1. The maximum absolute atomic E-state index is 12.8. The van der Waals surface area contributed by atoms with Crippen LogP contribution in [-0.4, -0.2) is 55.2 Å². The van der Waals surface area contributed by atoms with Crippen molar-refractivity contribution in [1.29, 1.82) is 0 Å². The predicted molar refractivity (Wildman–Crippen MR) is 83.0 cm³/mol. The molecule has 23 heavy (non-hydrogen) atoms. The number of hydrogen-bond acceptors (Lipinski definition) is 4. The maximum atomic E-state index is 12.8. The molecule has 1 amide bonds. The third-order valence-electron chi connectivity index (χ3n) is 5.01. The van der Waals surface area contributed by atoms with Crippen LogP contribution in [0.15, 0.2) is 30.3 Å². The van der Waals surface area contributed by atoms with E-state index in [-0.39, 0.29) is 17.8 Å². The number of hydrogen-bond donors (Lipinski definition) is 1. The van der Waals surface area contributed by atoms with E-state index in [9.17, 15) is 9.59 Å². The van der Waals surface area contributed by atoms with E-state index in [1.165, 1.54) is 7.11 Å². The van der Waals surface area contributed by atoms with Gasteiger partial charge in [-0.15, -0.1) is 0 Å². The number of carbonyl (C=O) groups excluding carboxylic acids is 2. The second-order valence-corrected chi connectivity index (χ2v) is 6.32. The van der Waals surface area contributed by atoms with E-state index in [0.717, 1.165) is 10.9 Å². The molecule has 0 radical (unpaired) electrons. The van der Waals surface area contributed by atoms with Crippen LogP contribution in [0.1, 0.15) is 10.5 Å². The molecular formula is C17H18N2O4. The van der Waals surface area contributed by atoms with Crippen LogP contribution < -0.4 is 0 Å². The number of fused-ring (bicyclic) bond motifs is 2. The molecule has 2 aromatic rings. The van der Waals surface area contributed by atoms with Gasteiger partial charge in [0.1, 0.15) is 11.1 Å². The van der Waals surface area contributed by atoms with Gasteiger partial charge >= 0.3 is 5.97 Å². The van der Waals surface area contributed by atoms with E-state index in [0.29, 0.717) is 32.0 Å². The SMILES string of the molecule is COC(=O)[C@@]12COC[C@@H]1CN(C(=O)c1cc3ccccc3[nH]1)C2. The lowest BCUT2D eigenvalue weighted by molar-refractivity contribution is -0.153. The number of aromatic amines is 1. The lowest BCUT2D eigenvalue weighted by atomic mass is 9.81. The summed E-state index contributed by atoms with van der Waals surface area (Å²) in [6, 6.07) is 9.62. The summed E-state index contributed by atoms with van der Waals surface area (Å²) >= 11 is 0. The number of H-pyrrole nitrogens is 1. The van der Waals surface area contributed by atoms with Crippen LogP contribution in [0, 0.1) is 11.3 Å². The summed E-state index contributed by atoms with van der Waals surface area (Å²) in [5.74, 6) is -0.367. The molecule has 6 nitrogen and oxygen atoms in total. The molecule has 120 valence electrons. The minimum absolute atomic E-state index is 0.00304. The number of rotatable bonds is 2. The maximum Gasteiger partial charge on any atom is 0.316 e. The predicted octanol–water partition coefficient (Wildman–Crippen LogP) is 1.43. The number of aromatic nitrogens is 1. The molecular weight excluding hydrogens is 296 g/mol. The Balaban J connectivity index is 1.61. The van der Waals surface area contributed by atoms with Crippen LogP contribution in [0.5, 0.6) is 0 Å². The van der Waals surface area contributed by atoms with Crippen LogP contribution in [-0.2, 0) is 14.3 Å². The molecule has 4 rings (SSSR count). The fraction of sp³-hybridized carbons (Fsp3) is 0.412. The first kappa shape index (κ1) is 14.3. The summed E-state index contributed by atoms with van der Waals surface area (Å²) in [4.78, 5) is 29.9. The number of nitrogens with zero attached hydrogens (tertiary/aromatic N) is 1. The molecule has 2 atom stereocenters. The van der Waals surface area contributed by atoms with Gasteiger partial charge in [0, 0.05) is 29.9 Å². The number of para-hydroxylation sites is 1. The minimum Gasteiger partial charge on any atom is -0.468 e. The third kappa shape index (κ3) is 2.05. The van der Waals surface area contributed by atoms with Gasteiger partial charge in [-0.25, -0.2) is 0 Å². The van der Waals surface area contributed by atoms with E-state index in [1.54, 1.807) is 4.90 Å². The lowest BCUT2D eigenvalue weighted by Crippen LogP contribution is -2.41. The molecule has 2 aliphatic rings. The molecule has 6 heteroatoms. The summed E-state index contributed by atoms with van der Waals surface area (Å²) in [5, 5.41) is 1.00. The Morgan fingerprint density at radius 3 is 3.00 bits per heavy atom. The highest BCUT2D eigenvalue weighted by Crippen LogP contribution is 2.42. The topological polar surface area (TPSA) is 71.6 Å². The Labute approximate surface area is 133 Å². The molecule has 0 spiro atoms. The Morgan fingerprint density at radius 1 is 1.39 bits per heavy atom. The van der Waals surface area contributed by atoms with Crippen molar-refractivity contribution in [3.63, 3.8) is 0 Å². The summed E-state index contributed by atoms with van der Waals surface area (Å²) in [5.41, 5.74) is 0.768. The van der Waals surface area contributed by atoms with Gasteiger partial charge in [-0.2, -0.15) is 0 Å². The fourth-order valence-electron chi connectivity index (χ4n) is 3.74. The summed E-state index contributed by atoms with van der Waals surface area (Å²) in [7, 11) is 1.38. The average molecular weight is 314 g/mol. The first-order valence-electron chi connectivity index (χ1n) is 7.67. The van der Waals surface area contributed by atoms with Gasteiger partial charge in [0.15, 0.2) is 0 Å². The highest BCUT2D eigenvalue weighted by molar-refractivity contribution is 5.98. The van der Waals surface area contributed by atoms with Gasteiger partial charge in [-0.1, -0.05) is 18.2 Å². The monoisotopic (exact) mass is 314 g/mol. The number of likely N-dealkylation sites (tertiary alicyclic amines) is 1. The molecule has 3 heterocycles. The van der Waals surface area contributed by atoms with E-state index in [4.69, 9.17) is 9.47 Å². The number of benzene rings is 1. The van der Waals surface area contributed by atoms with Crippen LogP contribution in [0.2, 0.25) is 0 Å². The molecule has 2 saturated heterocycles. The molecule has 1 N–H and O–H groups in total. The van der Waals surface area contributed by atoms with Crippen molar-refractivity contribution >= 4 is 22.8 Å². The second-order valence-electron chi connectivity index (χ2n) is 6.32. The highest BCUT2D eigenvalue weighted by Gasteiger charge is 2.57. The highest BCUT2D eigenvalue weighted by atomic mass is 16.5. The van der Waals surface area contributed by atoms with Crippen molar-refractivity contribution < 1.29 is 19.1 Å². The quantitative estimate of drug-likeness (QED) is 0.851. The van der Waals surface area contributed by atoms with E-state index < -0.39 is 5.41 Å². The Morgan fingerprint density at radius 2 is 2.22 bits per heavy atom. The van der Waals surface area contributed by atoms with Crippen LogP contribution in [0.3, 0.4) is 0 Å². The summed E-state index contributed by atoms with van der Waals surface area (Å²) in [6.07, 6.45) is 0. The largest absolute Gasteiger partial charge is 0.468 e. The number of carbonyl (C=O) groups is 2. The average Bonchev–Trinajstić information content (AvgIpc) is 3.24. The Kier molecular flexibility index (Phi) is 3.16. The van der Waals surface area contributed by atoms with E-state index in [2.05, 4.69) is 4.98 Å². The normalized spacial score (nSPS) is 26.5. The van der Waals surface area contributed by atoms with Crippen molar-refractivity contribution in [1.82, 2.24) is 9.88 Å². The third-order valence-corrected chi connectivity index (χ3v) is 5.01. The van der Waals surface area contributed by atoms with E-state index in [1.807, 2.05) is 30.3 Å². The van der Waals surface area contributed by atoms with Gasteiger partial charge in [0.25, 0.3) is 5.91 Å². The fourth-order valence-corrected chi connectivity index (χ4v) is 3.74. The molecule has 1 aromatic heterocycles. The van der Waals surface area contributed by atoms with Crippen LogP contribution in [0.4, 0.5) is 0 Å². The first-order valence-corrected chi connectivity index (χ1v) is 7.67. The van der Waals surface area contributed by atoms with Crippen molar-refractivity contribution in [3.05, 3.63) is 36.0 Å². The molecule has 1 aromatic carbocycles. The summed E-state index contributed by atoms with van der Waals surface area (Å²) < 4.78 is 10.4. The van der Waals surface area contributed by atoms with Gasteiger partial charge in [0.05, 0.1) is 20.3 Å². The van der Waals surface area contributed by atoms with Crippen molar-refractivity contribution in [2.24, 2.45) is 11.3 Å². The van der Waals surface area contributed by atoms with Gasteiger partial charge in [0.2, 0.25) is 0 Å². The Hall–Kier alpha value is -2.34. The molecule has 0 aliphatic carbocycles. The molecule has 0 unspecified atom stereocenters. The molecule has 2 aliphatic heterocycles. The standard InChI is InChI=1S/C17H18N2O4/c1-22-16(21)17-9-19(7-12(17)8-23-10-17)15(20)14-6-11-4-2-3-5-13(11)18-14/h2-6,12,18H,7-10H2,1H3/t12-,17-/m0/s1. The van der Waals surface area contributed by atoms with Crippen molar-refractivity contribution in [2.75, 3.05) is 33.4 Å². The second kappa shape index (κ2) is 5.09. The molecule has 0 saturated carbocycles. The van der Waals surface area contributed by atoms with Crippen LogP contribution in [0.25, 0.3) is 10.9 Å². The van der Waals surface area contributed by atoms with Gasteiger partial charge in [-0.3, -0.25) is 9.59 Å². The van der Waals surface area contributed by atoms with Gasteiger partial charge in [-0.05, 0) is 12.1 Å². The minimum atomic E-state index is -0.712. The number of nitrogens with one attached hydrogen (secondary N) is 1. The van der Waals surface area contributed by atoms with Crippen molar-refractivity contribution in [3.8, 4) is 0 Å². The molecule has 2 fully saturated rings. The molecule has 0 bridgehead atoms. The number of amides is 1. The zero-order valence-corrected chi connectivity index (χ0v) is 12.9. The number of esters is 1. The zero-order chi connectivity index (χ0) is 16.0. The van der Waals surface area contributed by atoms with Gasteiger partial charge < -0.3 is 19.4 Å². The first-order chi connectivity index (χ1) is 11.1.